The van der Waals surface area contributed by atoms with E-state index in [1.54, 1.807) is 4.90 Å². The monoisotopic (exact) mass is 354 g/mol. The van der Waals surface area contributed by atoms with E-state index in [0.717, 1.165) is 13.0 Å². The van der Waals surface area contributed by atoms with Gasteiger partial charge in [-0.05, 0) is 24.6 Å². The van der Waals surface area contributed by atoms with Crippen molar-refractivity contribution in [3.05, 3.63) is 47.5 Å². The van der Waals surface area contributed by atoms with Crippen LogP contribution in [0.1, 0.15) is 21.7 Å². The lowest BCUT2D eigenvalue weighted by Gasteiger charge is -2.40. The van der Waals surface area contributed by atoms with Crippen LogP contribution in [0.4, 0.5) is 0 Å². The van der Waals surface area contributed by atoms with Crippen LogP contribution in [-0.4, -0.2) is 81.0 Å². The molecule has 1 N–H and O–H groups in total. The van der Waals surface area contributed by atoms with Gasteiger partial charge in [-0.3, -0.25) is 19.6 Å². The first-order valence-electron chi connectivity index (χ1n) is 8.84. The molecule has 8 heteroatoms. The van der Waals surface area contributed by atoms with Crippen LogP contribution >= 0.6 is 0 Å². The fourth-order valence-electron chi connectivity index (χ4n) is 3.73. The molecular weight excluding hydrogens is 332 g/mol. The molecule has 1 aromatic carbocycles. The van der Waals surface area contributed by atoms with Crippen molar-refractivity contribution in [1.82, 2.24) is 29.9 Å². The third-order valence-electron chi connectivity index (χ3n) is 5.26. The summed E-state index contributed by atoms with van der Waals surface area (Å²) in [5.41, 5.74) is 2.55. The van der Waals surface area contributed by atoms with Crippen molar-refractivity contribution >= 4 is 11.8 Å². The van der Waals surface area contributed by atoms with Gasteiger partial charge < -0.3 is 9.80 Å². The highest BCUT2D eigenvalue weighted by Gasteiger charge is 2.34. The topological polar surface area (TPSA) is 85.4 Å². The number of piperazine rings is 1. The van der Waals surface area contributed by atoms with Gasteiger partial charge in [0, 0.05) is 32.7 Å². The van der Waals surface area contributed by atoms with Gasteiger partial charge in [-0.15, -0.1) is 0 Å². The molecule has 1 aromatic heterocycles. The maximum absolute atomic E-state index is 13.0. The van der Waals surface area contributed by atoms with Gasteiger partial charge in [-0.25, -0.2) is 4.98 Å². The van der Waals surface area contributed by atoms with Crippen LogP contribution in [0.5, 0.6) is 0 Å². The number of amides is 2. The first-order valence-corrected chi connectivity index (χ1v) is 8.84. The minimum absolute atomic E-state index is 0.138. The third kappa shape index (κ3) is 3.08. The second-order valence-electron chi connectivity index (χ2n) is 6.86. The molecule has 2 aliphatic heterocycles. The van der Waals surface area contributed by atoms with Crippen LogP contribution in [0, 0.1) is 0 Å². The molecule has 8 nitrogen and oxygen atoms in total. The molecule has 2 aliphatic rings. The lowest BCUT2D eigenvalue weighted by molar-refractivity contribution is -0.138. The van der Waals surface area contributed by atoms with E-state index < -0.39 is 0 Å². The van der Waals surface area contributed by atoms with Crippen molar-refractivity contribution < 1.29 is 9.59 Å². The van der Waals surface area contributed by atoms with Gasteiger partial charge in [0.1, 0.15) is 6.33 Å². The van der Waals surface area contributed by atoms with Crippen LogP contribution in [-0.2, 0) is 17.8 Å². The maximum Gasteiger partial charge on any atom is 0.291 e. The number of aromatic amines is 1. The number of hydrogen-bond acceptors (Lipinski definition) is 5. The summed E-state index contributed by atoms with van der Waals surface area (Å²) < 4.78 is 0. The smallest absolute Gasteiger partial charge is 0.291 e. The first kappa shape index (κ1) is 16.7. The number of fused-ring (bicyclic) bond motifs is 1. The van der Waals surface area contributed by atoms with E-state index >= 15 is 0 Å². The normalized spacial score (nSPS) is 20.7. The van der Waals surface area contributed by atoms with Gasteiger partial charge in [0.15, 0.2) is 0 Å². The number of nitrogens with zero attached hydrogens (tertiary/aromatic N) is 5. The van der Waals surface area contributed by atoms with Crippen LogP contribution in [0.25, 0.3) is 0 Å². The summed E-state index contributed by atoms with van der Waals surface area (Å²) in [5.74, 6) is 0.223. The number of hydrogen-bond donors (Lipinski definition) is 1. The van der Waals surface area contributed by atoms with Gasteiger partial charge in [-0.1, -0.05) is 24.3 Å². The lowest BCUT2D eigenvalue weighted by Crippen LogP contribution is -2.56. The molecule has 2 amide bonds. The van der Waals surface area contributed by atoms with Crippen molar-refractivity contribution in [2.24, 2.45) is 0 Å². The number of aromatic nitrogens is 3. The van der Waals surface area contributed by atoms with E-state index in [4.69, 9.17) is 0 Å². The Kier molecular flexibility index (Phi) is 4.42. The van der Waals surface area contributed by atoms with E-state index in [9.17, 15) is 9.59 Å². The molecule has 1 fully saturated rings. The van der Waals surface area contributed by atoms with Gasteiger partial charge in [0.25, 0.3) is 5.91 Å². The quantitative estimate of drug-likeness (QED) is 0.830. The van der Waals surface area contributed by atoms with Crippen molar-refractivity contribution in [1.29, 1.82) is 0 Å². The molecule has 0 unspecified atom stereocenters. The standard InChI is InChI=1S/C18H22N6O2/c1-22-11-14-5-3-2-4-13(14)10-15(22)17(25)23-6-8-24(9-7-23)18(26)16-19-12-20-21-16/h2-5,12,15H,6-11H2,1H3,(H,19,20,21)/t15-/m0/s1. The Labute approximate surface area is 151 Å². The van der Waals surface area contributed by atoms with Gasteiger partial charge in [0.2, 0.25) is 11.7 Å². The second kappa shape index (κ2) is 6.87. The minimum Gasteiger partial charge on any atom is -0.338 e. The van der Waals surface area contributed by atoms with E-state index in [-0.39, 0.29) is 23.7 Å². The van der Waals surface area contributed by atoms with E-state index in [1.165, 1.54) is 17.5 Å². The molecule has 2 aromatic rings. The molecular formula is C18H22N6O2. The van der Waals surface area contributed by atoms with Crippen molar-refractivity contribution in [2.45, 2.75) is 19.0 Å². The molecule has 1 saturated heterocycles. The van der Waals surface area contributed by atoms with Gasteiger partial charge in [0.05, 0.1) is 6.04 Å². The molecule has 0 radical (unpaired) electrons. The average Bonchev–Trinajstić information content (AvgIpc) is 3.21. The number of H-pyrrole nitrogens is 1. The van der Waals surface area contributed by atoms with Crippen LogP contribution in [0.2, 0.25) is 0 Å². The van der Waals surface area contributed by atoms with Crippen LogP contribution < -0.4 is 0 Å². The van der Waals surface area contributed by atoms with E-state index in [2.05, 4.69) is 32.2 Å². The van der Waals surface area contributed by atoms with Crippen molar-refractivity contribution in [2.75, 3.05) is 33.2 Å². The van der Waals surface area contributed by atoms with E-state index in [1.807, 2.05) is 24.1 Å². The Morgan fingerprint density at radius 2 is 1.77 bits per heavy atom. The summed E-state index contributed by atoms with van der Waals surface area (Å²) >= 11 is 0. The second-order valence-corrected chi connectivity index (χ2v) is 6.86. The van der Waals surface area contributed by atoms with Crippen molar-refractivity contribution in [3.63, 3.8) is 0 Å². The minimum atomic E-state index is -0.168. The summed E-state index contributed by atoms with van der Waals surface area (Å²) in [6, 6.07) is 8.16. The first-order chi connectivity index (χ1) is 12.6. The highest BCUT2D eigenvalue weighted by Crippen LogP contribution is 2.23. The Morgan fingerprint density at radius 1 is 1.08 bits per heavy atom. The summed E-state index contributed by atoms with van der Waals surface area (Å²) in [6.07, 6.45) is 2.06. The summed E-state index contributed by atoms with van der Waals surface area (Å²) in [6.45, 7) is 2.91. The number of nitrogens with one attached hydrogen (secondary N) is 1. The Balaban J connectivity index is 1.39. The summed E-state index contributed by atoms with van der Waals surface area (Å²) in [4.78, 5) is 35.0. The predicted molar refractivity (Wildman–Crippen MR) is 94.3 cm³/mol. The molecule has 0 bridgehead atoms. The Morgan fingerprint density at radius 3 is 2.46 bits per heavy atom. The summed E-state index contributed by atoms with van der Waals surface area (Å²) in [5, 5.41) is 6.31. The lowest BCUT2D eigenvalue weighted by atomic mass is 9.93. The molecule has 0 spiro atoms. The molecule has 4 rings (SSSR count). The molecule has 26 heavy (non-hydrogen) atoms. The predicted octanol–water partition coefficient (Wildman–Crippen LogP) is 0.146. The Bertz CT molecular complexity index is 798. The molecule has 1 atom stereocenters. The largest absolute Gasteiger partial charge is 0.338 e. The zero-order valence-corrected chi connectivity index (χ0v) is 14.8. The number of carbonyl (C=O) groups excluding carboxylic acids is 2. The number of rotatable bonds is 2. The zero-order chi connectivity index (χ0) is 18.1. The zero-order valence-electron chi connectivity index (χ0n) is 14.8. The third-order valence-corrected chi connectivity index (χ3v) is 5.26. The molecule has 0 saturated carbocycles. The maximum atomic E-state index is 13.0. The molecule has 3 heterocycles. The fourth-order valence-corrected chi connectivity index (χ4v) is 3.73. The van der Waals surface area contributed by atoms with Gasteiger partial charge in [-0.2, -0.15) is 5.10 Å². The summed E-state index contributed by atoms with van der Waals surface area (Å²) in [7, 11) is 2.00. The number of benzene rings is 1. The molecule has 136 valence electrons. The Hall–Kier alpha value is -2.74. The van der Waals surface area contributed by atoms with Crippen LogP contribution in [0.15, 0.2) is 30.6 Å². The fraction of sp³-hybridized carbons (Fsp3) is 0.444. The number of carbonyl (C=O) groups is 2. The van der Waals surface area contributed by atoms with E-state index in [0.29, 0.717) is 26.2 Å². The number of likely N-dealkylation sites (N-methyl/N-ethyl adjacent to an activating group) is 1. The highest BCUT2D eigenvalue weighted by atomic mass is 16.2. The van der Waals surface area contributed by atoms with Gasteiger partial charge >= 0.3 is 0 Å². The average molecular weight is 354 g/mol. The molecule has 0 aliphatic carbocycles. The SMILES string of the molecule is CN1Cc2ccccc2C[C@H]1C(=O)N1CCN(C(=O)c2ncn[nH]2)CC1. The van der Waals surface area contributed by atoms with Crippen molar-refractivity contribution in [3.8, 4) is 0 Å². The van der Waals surface area contributed by atoms with Crippen LogP contribution in [0.3, 0.4) is 0 Å². The highest BCUT2D eigenvalue weighted by molar-refractivity contribution is 5.90.